The van der Waals surface area contributed by atoms with Crippen LogP contribution in [-0.4, -0.2) is 41.1 Å². The molecule has 1 rings (SSSR count). The van der Waals surface area contributed by atoms with Crippen LogP contribution < -0.4 is 5.32 Å². The van der Waals surface area contributed by atoms with Crippen molar-refractivity contribution in [2.24, 2.45) is 0 Å². The first kappa shape index (κ1) is 15.1. The molecule has 1 N–H and O–H groups in total. The Balaban J connectivity index is 2.68. The number of aromatic nitrogens is 2. The summed E-state index contributed by atoms with van der Waals surface area (Å²) in [5.41, 5.74) is 0. The highest BCUT2D eigenvalue weighted by atomic mass is 32.2. The molecular weight excluding hydrogens is 270 g/mol. The van der Waals surface area contributed by atoms with E-state index in [-0.39, 0.29) is 11.7 Å². The van der Waals surface area contributed by atoms with Crippen LogP contribution in [-0.2, 0) is 9.53 Å². The molecule has 0 bridgehead atoms. The Morgan fingerprint density at radius 2 is 2.22 bits per heavy atom. The summed E-state index contributed by atoms with van der Waals surface area (Å²) in [5.74, 6) is 0.824. The van der Waals surface area contributed by atoms with E-state index < -0.39 is 0 Å². The standard InChI is InChI=1S/C11H17N3O2S2/c1-4-12-8-6-9(14-11(13-8)17-3)18-7-10(15)16-5-2/h6H,4-5,7H2,1-3H3,(H,12,13,14). The third-order valence-corrected chi connectivity index (χ3v) is 3.30. The van der Waals surface area contributed by atoms with Gasteiger partial charge in [0.2, 0.25) is 0 Å². The Morgan fingerprint density at radius 3 is 2.83 bits per heavy atom. The Kier molecular flexibility index (Phi) is 6.89. The number of nitrogens with zero attached hydrogens (tertiary/aromatic N) is 2. The highest BCUT2D eigenvalue weighted by Crippen LogP contribution is 2.22. The number of carbonyl (C=O) groups excluding carboxylic acids is 1. The van der Waals surface area contributed by atoms with Crippen molar-refractivity contribution in [3.8, 4) is 0 Å². The maximum absolute atomic E-state index is 11.3. The normalized spacial score (nSPS) is 10.2. The fourth-order valence-electron chi connectivity index (χ4n) is 1.18. The van der Waals surface area contributed by atoms with E-state index in [0.29, 0.717) is 11.8 Å². The molecule has 0 aliphatic rings. The Hall–Kier alpha value is -0.950. The fourth-order valence-corrected chi connectivity index (χ4v) is 2.31. The van der Waals surface area contributed by atoms with E-state index >= 15 is 0 Å². The summed E-state index contributed by atoms with van der Waals surface area (Å²) < 4.78 is 4.87. The number of hydrogen-bond donors (Lipinski definition) is 1. The molecule has 0 saturated carbocycles. The van der Waals surface area contributed by atoms with E-state index in [2.05, 4.69) is 15.3 Å². The SMILES string of the molecule is CCNc1cc(SCC(=O)OCC)nc(SC)n1. The van der Waals surface area contributed by atoms with Crippen LogP contribution in [0.2, 0.25) is 0 Å². The first-order valence-electron chi connectivity index (χ1n) is 5.65. The summed E-state index contributed by atoms with van der Waals surface area (Å²) >= 11 is 2.83. The molecule has 1 aromatic heterocycles. The van der Waals surface area contributed by atoms with Crippen LogP contribution in [0.4, 0.5) is 5.82 Å². The zero-order valence-corrected chi connectivity index (χ0v) is 12.4. The number of anilines is 1. The topological polar surface area (TPSA) is 64.1 Å². The molecule has 0 aromatic carbocycles. The van der Waals surface area contributed by atoms with Crippen LogP contribution in [0.3, 0.4) is 0 Å². The van der Waals surface area contributed by atoms with Crippen LogP contribution in [0.5, 0.6) is 0 Å². The van der Waals surface area contributed by atoms with Gasteiger partial charge in [-0.05, 0) is 20.1 Å². The lowest BCUT2D eigenvalue weighted by Gasteiger charge is -2.07. The van der Waals surface area contributed by atoms with E-state index in [1.807, 2.05) is 19.2 Å². The molecule has 5 nitrogen and oxygen atoms in total. The van der Waals surface area contributed by atoms with Crippen molar-refractivity contribution in [2.45, 2.75) is 24.0 Å². The molecule has 1 aromatic rings. The van der Waals surface area contributed by atoms with E-state index in [1.165, 1.54) is 23.5 Å². The van der Waals surface area contributed by atoms with E-state index in [4.69, 9.17) is 4.74 Å². The number of ether oxygens (including phenoxy) is 1. The van der Waals surface area contributed by atoms with Crippen molar-refractivity contribution in [1.29, 1.82) is 0 Å². The highest BCUT2D eigenvalue weighted by Gasteiger charge is 2.07. The van der Waals surface area contributed by atoms with Crippen molar-refractivity contribution in [1.82, 2.24) is 9.97 Å². The number of carbonyl (C=O) groups is 1. The van der Waals surface area contributed by atoms with Crippen molar-refractivity contribution in [2.75, 3.05) is 30.5 Å². The first-order valence-corrected chi connectivity index (χ1v) is 7.86. The number of esters is 1. The van der Waals surface area contributed by atoms with Crippen LogP contribution in [0.15, 0.2) is 16.2 Å². The Labute approximate surface area is 115 Å². The van der Waals surface area contributed by atoms with Crippen molar-refractivity contribution >= 4 is 35.3 Å². The third kappa shape index (κ3) is 5.14. The molecule has 7 heteroatoms. The van der Waals surface area contributed by atoms with Gasteiger partial charge in [-0.15, -0.1) is 0 Å². The van der Waals surface area contributed by atoms with E-state index in [0.717, 1.165) is 17.4 Å². The van der Waals surface area contributed by atoms with Crippen LogP contribution in [0.25, 0.3) is 0 Å². The van der Waals surface area contributed by atoms with Gasteiger partial charge in [0.15, 0.2) is 5.16 Å². The minimum absolute atomic E-state index is 0.225. The number of rotatable bonds is 7. The molecule has 100 valence electrons. The summed E-state index contributed by atoms with van der Waals surface area (Å²) in [6, 6.07) is 1.84. The average Bonchev–Trinajstić information content (AvgIpc) is 2.37. The van der Waals surface area contributed by atoms with E-state index in [1.54, 1.807) is 6.92 Å². The minimum atomic E-state index is -0.225. The van der Waals surface area contributed by atoms with Crippen molar-refractivity contribution in [3.05, 3.63) is 6.07 Å². The van der Waals surface area contributed by atoms with Gasteiger partial charge >= 0.3 is 5.97 Å². The summed E-state index contributed by atoms with van der Waals surface area (Å²) in [7, 11) is 0. The third-order valence-electron chi connectivity index (χ3n) is 1.87. The second-order valence-corrected chi connectivity index (χ2v) is 4.97. The average molecular weight is 287 g/mol. The molecule has 0 unspecified atom stereocenters. The maximum Gasteiger partial charge on any atom is 0.316 e. The fraction of sp³-hybridized carbons (Fsp3) is 0.545. The lowest BCUT2D eigenvalue weighted by molar-refractivity contribution is -0.139. The predicted molar refractivity (Wildman–Crippen MR) is 75.3 cm³/mol. The van der Waals surface area contributed by atoms with Gasteiger partial charge in [-0.25, -0.2) is 9.97 Å². The maximum atomic E-state index is 11.3. The molecule has 0 fully saturated rings. The lowest BCUT2D eigenvalue weighted by atomic mass is 10.5. The molecule has 0 saturated heterocycles. The number of thioether (sulfide) groups is 2. The Morgan fingerprint density at radius 1 is 1.44 bits per heavy atom. The first-order chi connectivity index (χ1) is 8.69. The van der Waals surface area contributed by atoms with Crippen molar-refractivity contribution in [3.63, 3.8) is 0 Å². The molecule has 0 atom stereocenters. The van der Waals surface area contributed by atoms with Crippen LogP contribution in [0.1, 0.15) is 13.8 Å². The summed E-state index contributed by atoms with van der Waals surface area (Å²) in [4.78, 5) is 19.9. The summed E-state index contributed by atoms with van der Waals surface area (Å²) in [6.07, 6.45) is 1.92. The van der Waals surface area contributed by atoms with Gasteiger partial charge in [0.05, 0.1) is 12.4 Å². The minimum Gasteiger partial charge on any atom is -0.465 e. The number of nitrogens with one attached hydrogen (secondary N) is 1. The molecular formula is C11H17N3O2S2. The predicted octanol–water partition coefficient (Wildman–Crippen LogP) is 2.29. The zero-order chi connectivity index (χ0) is 13.4. The van der Waals surface area contributed by atoms with Gasteiger partial charge in [-0.2, -0.15) is 0 Å². The lowest BCUT2D eigenvalue weighted by Crippen LogP contribution is -2.07. The molecule has 0 spiro atoms. The van der Waals surface area contributed by atoms with Gasteiger partial charge < -0.3 is 10.1 Å². The van der Waals surface area contributed by atoms with E-state index in [9.17, 15) is 4.79 Å². The summed E-state index contributed by atoms with van der Waals surface area (Å²) in [5, 5.41) is 4.61. The smallest absolute Gasteiger partial charge is 0.316 e. The van der Waals surface area contributed by atoms with Crippen LogP contribution >= 0.6 is 23.5 Å². The monoisotopic (exact) mass is 287 g/mol. The quantitative estimate of drug-likeness (QED) is 0.357. The zero-order valence-electron chi connectivity index (χ0n) is 10.7. The molecule has 0 aliphatic heterocycles. The highest BCUT2D eigenvalue weighted by molar-refractivity contribution is 8.00. The van der Waals surface area contributed by atoms with Crippen LogP contribution in [0, 0.1) is 0 Å². The number of hydrogen-bond acceptors (Lipinski definition) is 7. The molecule has 18 heavy (non-hydrogen) atoms. The Bertz CT molecular complexity index is 402. The molecule has 0 aliphatic carbocycles. The second-order valence-electron chi connectivity index (χ2n) is 3.20. The van der Waals surface area contributed by atoms with Gasteiger partial charge in [0.25, 0.3) is 0 Å². The molecule has 0 radical (unpaired) electrons. The second kappa shape index (κ2) is 8.20. The van der Waals surface area contributed by atoms with Gasteiger partial charge in [-0.3, -0.25) is 4.79 Å². The largest absolute Gasteiger partial charge is 0.465 e. The van der Waals surface area contributed by atoms with Gasteiger partial charge in [-0.1, -0.05) is 23.5 Å². The van der Waals surface area contributed by atoms with Gasteiger partial charge in [0, 0.05) is 12.6 Å². The molecule has 1 heterocycles. The summed E-state index contributed by atoms with van der Waals surface area (Å²) in [6.45, 7) is 5.00. The van der Waals surface area contributed by atoms with Gasteiger partial charge in [0.1, 0.15) is 10.8 Å². The molecule has 0 amide bonds. The van der Waals surface area contributed by atoms with Crippen molar-refractivity contribution < 1.29 is 9.53 Å².